The van der Waals surface area contributed by atoms with E-state index in [1.165, 1.54) is 11.3 Å². The predicted octanol–water partition coefficient (Wildman–Crippen LogP) is 3.91. The van der Waals surface area contributed by atoms with Crippen molar-refractivity contribution < 1.29 is 0 Å². The van der Waals surface area contributed by atoms with Crippen LogP contribution in [0.25, 0.3) is 0 Å². The molecule has 0 radical (unpaired) electrons. The number of hydrogen-bond donors (Lipinski definition) is 1. The number of nitrogens with one attached hydrogen (secondary N) is 1. The third-order valence-corrected chi connectivity index (χ3v) is 5.30. The third-order valence-electron chi connectivity index (χ3n) is 4.32. The second kappa shape index (κ2) is 5.94. The fraction of sp³-hybridized carbons (Fsp3) is 0.750. The van der Waals surface area contributed by atoms with Gasteiger partial charge >= 0.3 is 0 Å². The van der Waals surface area contributed by atoms with Crippen LogP contribution in [0, 0.1) is 5.41 Å². The average molecular weight is 280 g/mol. The van der Waals surface area contributed by atoms with Gasteiger partial charge in [0.25, 0.3) is 0 Å². The van der Waals surface area contributed by atoms with Crippen molar-refractivity contribution in [1.82, 2.24) is 10.2 Å². The quantitative estimate of drug-likeness (QED) is 0.903. The summed E-state index contributed by atoms with van der Waals surface area (Å²) in [5, 5.41) is 5.93. The number of rotatable bonds is 3. The van der Waals surface area contributed by atoms with Gasteiger partial charge in [-0.15, -0.1) is 11.3 Å². The minimum Gasteiger partial charge on any atom is -0.311 e. The van der Waals surface area contributed by atoms with Crippen molar-refractivity contribution in [1.29, 1.82) is 0 Å². The highest BCUT2D eigenvalue weighted by atomic mass is 32.1. The summed E-state index contributed by atoms with van der Waals surface area (Å²) in [4.78, 5) is 4.22. The molecule has 0 saturated carbocycles. The molecule has 1 aromatic heterocycles. The molecule has 3 atom stereocenters. The van der Waals surface area contributed by atoms with Gasteiger partial charge in [-0.1, -0.05) is 33.8 Å². The van der Waals surface area contributed by atoms with Gasteiger partial charge < -0.3 is 5.32 Å². The number of hydrogen-bond acceptors (Lipinski definition) is 3. The lowest BCUT2D eigenvalue weighted by atomic mass is 9.84. The zero-order valence-corrected chi connectivity index (χ0v) is 13.8. The SMILES string of the molecule is CCC(c1cccs1)N1CC(C(C)(C)C)NCC1C. The Kier molecular flexibility index (Phi) is 4.70. The second-order valence-corrected chi connectivity index (χ2v) is 7.79. The maximum atomic E-state index is 3.72. The van der Waals surface area contributed by atoms with Crippen molar-refractivity contribution >= 4 is 11.3 Å². The molecule has 0 bridgehead atoms. The van der Waals surface area contributed by atoms with Crippen LogP contribution >= 0.6 is 11.3 Å². The Balaban J connectivity index is 2.16. The van der Waals surface area contributed by atoms with E-state index in [0.29, 0.717) is 23.5 Å². The summed E-state index contributed by atoms with van der Waals surface area (Å²) in [5.41, 5.74) is 0.326. The summed E-state index contributed by atoms with van der Waals surface area (Å²) in [6.45, 7) is 13.9. The molecular formula is C16H28N2S. The first kappa shape index (κ1) is 15.0. The van der Waals surface area contributed by atoms with Crippen LogP contribution < -0.4 is 5.32 Å². The first-order chi connectivity index (χ1) is 8.93. The molecule has 1 saturated heterocycles. The van der Waals surface area contributed by atoms with Crippen molar-refractivity contribution in [2.24, 2.45) is 5.41 Å². The largest absolute Gasteiger partial charge is 0.311 e. The van der Waals surface area contributed by atoms with E-state index in [4.69, 9.17) is 0 Å². The van der Waals surface area contributed by atoms with Gasteiger partial charge in [0.15, 0.2) is 0 Å². The maximum absolute atomic E-state index is 3.72. The van der Waals surface area contributed by atoms with Crippen molar-refractivity contribution in [2.45, 2.75) is 59.2 Å². The van der Waals surface area contributed by atoms with Gasteiger partial charge in [0, 0.05) is 36.1 Å². The van der Waals surface area contributed by atoms with Crippen molar-refractivity contribution in [3.8, 4) is 0 Å². The van der Waals surface area contributed by atoms with Crippen molar-refractivity contribution in [3.63, 3.8) is 0 Å². The van der Waals surface area contributed by atoms with Gasteiger partial charge in [-0.25, -0.2) is 0 Å². The molecule has 2 heterocycles. The molecule has 2 rings (SSSR count). The summed E-state index contributed by atoms with van der Waals surface area (Å²) in [6, 6.07) is 6.25. The zero-order valence-electron chi connectivity index (χ0n) is 12.9. The Labute approximate surface area is 122 Å². The van der Waals surface area contributed by atoms with Gasteiger partial charge in [-0.3, -0.25) is 4.90 Å². The summed E-state index contributed by atoms with van der Waals surface area (Å²) < 4.78 is 0. The highest BCUT2D eigenvalue weighted by Gasteiger charge is 2.35. The highest BCUT2D eigenvalue weighted by molar-refractivity contribution is 7.10. The van der Waals surface area contributed by atoms with Gasteiger partial charge in [0.2, 0.25) is 0 Å². The van der Waals surface area contributed by atoms with Crippen LogP contribution in [-0.2, 0) is 0 Å². The Bertz CT molecular complexity index is 380. The molecule has 1 aliphatic rings. The van der Waals surface area contributed by atoms with Crippen LogP contribution in [0.2, 0.25) is 0 Å². The number of thiophene rings is 1. The van der Waals surface area contributed by atoms with Crippen LogP contribution in [-0.4, -0.2) is 30.1 Å². The molecule has 2 nitrogen and oxygen atoms in total. The smallest absolute Gasteiger partial charge is 0.0442 e. The minimum absolute atomic E-state index is 0.326. The van der Waals surface area contributed by atoms with Crippen molar-refractivity contribution in [2.75, 3.05) is 13.1 Å². The molecule has 1 aliphatic heterocycles. The second-order valence-electron chi connectivity index (χ2n) is 6.81. The van der Waals surface area contributed by atoms with E-state index < -0.39 is 0 Å². The minimum atomic E-state index is 0.326. The van der Waals surface area contributed by atoms with Gasteiger partial charge in [-0.05, 0) is 30.2 Å². The predicted molar refractivity (Wildman–Crippen MR) is 84.8 cm³/mol. The number of piperazine rings is 1. The molecule has 19 heavy (non-hydrogen) atoms. The summed E-state index contributed by atoms with van der Waals surface area (Å²) in [5.74, 6) is 0. The van der Waals surface area contributed by atoms with E-state index in [0.717, 1.165) is 13.1 Å². The molecule has 1 N–H and O–H groups in total. The number of nitrogens with zero attached hydrogens (tertiary/aromatic N) is 1. The van der Waals surface area contributed by atoms with E-state index in [9.17, 15) is 0 Å². The van der Waals surface area contributed by atoms with E-state index in [-0.39, 0.29) is 0 Å². The lowest BCUT2D eigenvalue weighted by molar-refractivity contribution is 0.0560. The lowest BCUT2D eigenvalue weighted by Crippen LogP contribution is -2.59. The molecule has 0 aliphatic carbocycles. The van der Waals surface area contributed by atoms with E-state index in [2.05, 4.69) is 62.3 Å². The molecule has 0 amide bonds. The standard InChI is InChI=1S/C16H28N2S/c1-6-13(14-8-7-9-19-14)18-11-15(16(3,4)5)17-10-12(18)2/h7-9,12-13,15,17H,6,10-11H2,1-5H3. The van der Waals surface area contributed by atoms with Gasteiger partial charge in [-0.2, -0.15) is 0 Å². The van der Waals surface area contributed by atoms with E-state index >= 15 is 0 Å². The Morgan fingerprint density at radius 3 is 2.74 bits per heavy atom. The monoisotopic (exact) mass is 280 g/mol. The zero-order chi connectivity index (χ0) is 14.0. The van der Waals surface area contributed by atoms with E-state index in [1.54, 1.807) is 0 Å². The van der Waals surface area contributed by atoms with Crippen LogP contribution in [0.1, 0.15) is 52.0 Å². The molecule has 3 heteroatoms. The normalized spacial score (nSPS) is 27.4. The maximum Gasteiger partial charge on any atom is 0.0442 e. The Morgan fingerprint density at radius 1 is 1.47 bits per heavy atom. The summed E-state index contributed by atoms with van der Waals surface area (Å²) >= 11 is 1.90. The highest BCUT2D eigenvalue weighted by Crippen LogP contribution is 2.33. The fourth-order valence-corrected chi connectivity index (χ4v) is 3.91. The molecular weight excluding hydrogens is 252 g/mol. The first-order valence-electron chi connectivity index (χ1n) is 7.46. The van der Waals surface area contributed by atoms with Crippen LogP contribution in [0.4, 0.5) is 0 Å². The molecule has 0 spiro atoms. The summed E-state index contributed by atoms with van der Waals surface area (Å²) in [7, 11) is 0. The van der Waals surface area contributed by atoms with E-state index in [1.807, 2.05) is 11.3 Å². The van der Waals surface area contributed by atoms with Gasteiger partial charge in [0.05, 0.1) is 0 Å². The topological polar surface area (TPSA) is 15.3 Å². The van der Waals surface area contributed by atoms with Crippen LogP contribution in [0.15, 0.2) is 17.5 Å². The Morgan fingerprint density at radius 2 is 2.21 bits per heavy atom. The van der Waals surface area contributed by atoms with Crippen molar-refractivity contribution in [3.05, 3.63) is 22.4 Å². The fourth-order valence-electron chi connectivity index (χ4n) is 2.98. The molecule has 3 unspecified atom stereocenters. The van der Waals surface area contributed by atoms with Gasteiger partial charge in [0.1, 0.15) is 0 Å². The lowest BCUT2D eigenvalue weighted by Gasteiger charge is -2.47. The molecule has 1 aromatic rings. The molecule has 108 valence electrons. The third kappa shape index (κ3) is 3.39. The molecule has 0 aromatic carbocycles. The molecule has 1 fully saturated rings. The average Bonchev–Trinajstić information content (AvgIpc) is 2.84. The Hall–Kier alpha value is -0.380. The van der Waals surface area contributed by atoms with Crippen LogP contribution in [0.5, 0.6) is 0 Å². The van der Waals surface area contributed by atoms with Crippen LogP contribution in [0.3, 0.4) is 0 Å². The summed E-state index contributed by atoms with van der Waals surface area (Å²) in [6.07, 6.45) is 1.20. The first-order valence-corrected chi connectivity index (χ1v) is 8.34.